The molecule has 0 fully saturated rings. The molecule has 1 atom stereocenters. The zero-order valence-electron chi connectivity index (χ0n) is 18.6. The number of rotatable bonds is 11. The van der Waals surface area contributed by atoms with Crippen molar-refractivity contribution in [3.05, 3.63) is 59.1 Å². The number of thioether (sulfide) groups is 1. The Morgan fingerprint density at radius 1 is 1.13 bits per heavy atom. The summed E-state index contributed by atoms with van der Waals surface area (Å²) in [5, 5.41) is 3.62. The lowest BCUT2D eigenvalue weighted by Crippen LogP contribution is -2.48. The largest absolute Gasteiger partial charge is 0.497 e. The molecule has 0 aromatic heterocycles. The summed E-state index contributed by atoms with van der Waals surface area (Å²) in [6.45, 7) is 6.78. The third-order valence-electron chi connectivity index (χ3n) is 4.74. The number of hydrogen-bond acceptors (Lipinski definition) is 4. The highest BCUT2D eigenvalue weighted by Crippen LogP contribution is 2.22. The van der Waals surface area contributed by atoms with Crippen LogP contribution in [-0.4, -0.2) is 42.2 Å². The molecule has 0 heterocycles. The molecule has 0 unspecified atom stereocenters. The van der Waals surface area contributed by atoms with E-state index in [0.717, 1.165) is 16.2 Å². The average Bonchev–Trinajstić information content (AvgIpc) is 2.76. The summed E-state index contributed by atoms with van der Waals surface area (Å²) in [6.07, 6.45) is 0.332. The summed E-state index contributed by atoms with van der Waals surface area (Å²) < 4.78 is 5.30. The van der Waals surface area contributed by atoms with E-state index in [1.807, 2.05) is 62.4 Å². The second kappa shape index (κ2) is 12.6. The van der Waals surface area contributed by atoms with Crippen LogP contribution in [0.3, 0.4) is 0 Å². The SMILES string of the molecule is COc1cccc(CN(C(=O)CCSc2ccc(Cl)cc2)[C@H](C)C(=O)NCC(C)C)c1. The average molecular weight is 463 g/mol. The van der Waals surface area contributed by atoms with Crippen molar-refractivity contribution in [1.29, 1.82) is 0 Å². The van der Waals surface area contributed by atoms with Crippen molar-refractivity contribution in [2.45, 2.75) is 44.7 Å². The zero-order valence-corrected chi connectivity index (χ0v) is 20.1. The maximum Gasteiger partial charge on any atom is 0.242 e. The summed E-state index contributed by atoms with van der Waals surface area (Å²) in [5.41, 5.74) is 0.918. The molecule has 0 saturated carbocycles. The van der Waals surface area contributed by atoms with Gasteiger partial charge in [0, 0.05) is 35.2 Å². The van der Waals surface area contributed by atoms with Gasteiger partial charge in [0.15, 0.2) is 0 Å². The van der Waals surface area contributed by atoms with Gasteiger partial charge in [-0.2, -0.15) is 0 Å². The van der Waals surface area contributed by atoms with Crippen molar-refractivity contribution >= 4 is 35.2 Å². The van der Waals surface area contributed by atoms with Gasteiger partial charge >= 0.3 is 0 Å². The Morgan fingerprint density at radius 3 is 2.48 bits per heavy atom. The Balaban J connectivity index is 2.07. The van der Waals surface area contributed by atoms with Crippen molar-refractivity contribution in [2.24, 2.45) is 5.92 Å². The molecule has 168 valence electrons. The van der Waals surface area contributed by atoms with Crippen molar-refractivity contribution in [1.82, 2.24) is 10.2 Å². The van der Waals surface area contributed by atoms with Crippen LogP contribution >= 0.6 is 23.4 Å². The summed E-state index contributed by atoms with van der Waals surface area (Å²) in [4.78, 5) is 28.5. The Labute approximate surface area is 194 Å². The van der Waals surface area contributed by atoms with Gasteiger partial charge in [0.2, 0.25) is 11.8 Å². The van der Waals surface area contributed by atoms with Gasteiger partial charge in [0.05, 0.1) is 7.11 Å². The number of halogens is 1. The summed E-state index contributed by atoms with van der Waals surface area (Å²) in [6, 6.07) is 14.5. The van der Waals surface area contributed by atoms with Crippen LogP contribution in [-0.2, 0) is 16.1 Å². The molecule has 2 rings (SSSR count). The monoisotopic (exact) mass is 462 g/mol. The number of benzene rings is 2. The van der Waals surface area contributed by atoms with E-state index in [2.05, 4.69) is 5.32 Å². The summed E-state index contributed by atoms with van der Waals surface area (Å²) >= 11 is 7.52. The van der Waals surface area contributed by atoms with Gasteiger partial charge < -0.3 is 15.0 Å². The summed E-state index contributed by atoms with van der Waals surface area (Å²) in [7, 11) is 1.61. The van der Waals surface area contributed by atoms with Gasteiger partial charge in [-0.15, -0.1) is 11.8 Å². The Hall–Kier alpha value is -2.18. The first-order valence-corrected chi connectivity index (χ1v) is 11.7. The van der Waals surface area contributed by atoms with Gasteiger partial charge in [0.1, 0.15) is 11.8 Å². The predicted octanol–water partition coefficient (Wildman–Crippen LogP) is 5.02. The molecule has 0 spiro atoms. The molecule has 7 heteroatoms. The van der Waals surface area contributed by atoms with Crippen LogP contribution in [0.4, 0.5) is 0 Å². The van der Waals surface area contributed by atoms with Crippen LogP contribution in [0, 0.1) is 5.92 Å². The van der Waals surface area contributed by atoms with E-state index in [1.165, 1.54) is 0 Å². The lowest BCUT2D eigenvalue weighted by molar-refractivity contribution is -0.140. The van der Waals surface area contributed by atoms with Gasteiger partial charge in [0.25, 0.3) is 0 Å². The molecule has 0 bridgehead atoms. The first-order chi connectivity index (χ1) is 14.8. The third kappa shape index (κ3) is 8.46. The molecule has 0 saturated heterocycles. The van der Waals surface area contributed by atoms with Gasteiger partial charge in [-0.25, -0.2) is 0 Å². The maximum atomic E-state index is 13.1. The molecule has 0 aliphatic rings. The first kappa shape index (κ1) is 25.1. The second-order valence-electron chi connectivity index (χ2n) is 7.74. The third-order valence-corrected chi connectivity index (χ3v) is 6.00. The van der Waals surface area contributed by atoms with Crippen LogP contribution in [0.25, 0.3) is 0 Å². The molecular weight excluding hydrogens is 432 g/mol. The maximum absolute atomic E-state index is 13.1. The molecule has 1 N–H and O–H groups in total. The minimum atomic E-state index is -0.571. The van der Waals surface area contributed by atoms with E-state index in [9.17, 15) is 9.59 Å². The van der Waals surface area contributed by atoms with E-state index in [4.69, 9.17) is 16.3 Å². The topological polar surface area (TPSA) is 58.6 Å². The smallest absolute Gasteiger partial charge is 0.242 e. The molecule has 31 heavy (non-hydrogen) atoms. The van der Waals surface area contributed by atoms with Crippen LogP contribution in [0.5, 0.6) is 5.75 Å². The molecular formula is C24H31ClN2O3S. The zero-order chi connectivity index (χ0) is 22.8. The van der Waals surface area contributed by atoms with E-state index < -0.39 is 6.04 Å². The van der Waals surface area contributed by atoms with Crippen LogP contribution in [0.2, 0.25) is 5.02 Å². The quantitative estimate of drug-likeness (QED) is 0.476. The molecule has 0 aliphatic carbocycles. The Kier molecular flexibility index (Phi) is 10.2. The summed E-state index contributed by atoms with van der Waals surface area (Å²) in [5.74, 6) is 1.48. The number of ether oxygens (including phenoxy) is 1. The second-order valence-corrected chi connectivity index (χ2v) is 9.35. The Bertz CT molecular complexity index is 858. The van der Waals surface area contributed by atoms with E-state index in [-0.39, 0.29) is 11.8 Å². The van der Waals surface area contributed by atoms with Gasteiger partial charge in [-0.1, -0.05) is 37.6 Å². The molecule has 0 aliphatic heterocycles. The van der Waals surface area contributed by atoms with Crippen molar-refractivity contribution in [3.8, 4) is 5.75 Å². The predicted molar refractivity (Wildman–Crippen MR) is 128 cm³/mol. The lowest BCUT2D eigenvalue weighted by atomic mass is 10.1. The number of carbonyl (C=O) groups excluding carboxylic acids is 2. The minimum absolute atomic E-state index is 0.0588. The van der Waals surface area contributed by atoms with Crippen LogP contribution < -0.4 is 10.1 Å². The fourth-order valence-corrected chi connectivity index (χ4v) is 3.90. The number of nitrogens with one attached hydrogen (secondary N) is 1. The highest BCUT2D eigenvalue weighted by Gasteiger charge is 2.26. The first-order valence-electron chi connectivity index (χ1n) is 10.4. The number of methoxy groups -OCH3 is 1. The molecule has 2 amide bonds. The van der Waals surface area contributed by atoms with Gasteiger partial charge in [-0.05, 0) is 54.8 Å². The molecule has 0 radical (unpaired) electrons. The van der Waals surface area contributed by atoms with E-state index >= 15 is 0 Å². The van der Waals surface area contributed by atoms with E-state index in [1.54, 1.807) is 30.7 Å². The van der Waals surface area contributed by atoms with Crippen molar-refractivity contribution < 1.29 is 14.3 Å². The van der Waals surface area contributed by atoms with Crippen molar-refractivity contribution in [3.63, 3.8) is 0 Å². The number of amides is 2. The van der Waals surface area contributed by atoms with Gasteiger partial charge in [-0.3, -0.25) is 9.59 Å². The minimum Gasteiger partial charge on any atom is -0.497 e. The van der Waals surface area contributed by atoms with E-state index in [0.29, 0.717) is 36.2 Å². The lowest BCUT2D eigenvalue weighted by Gasteiger charge is -2.29. The standard InChI is InChI=1S/C24H31ClN2O3S/c1-17(2)15-26-24(29)18(3)27(16-19-6-5-7-21(14-19)30-4)23(28)12-13-31-22-10-8-20(25)9-11-22/h5-11,14,17-18H,12-13,15-16H2,1-4H3,(H,26,29)/t18-/m1/s1. The number of hydrogen-bond donors (Lipinski definition) is 1. The van der Waals surface area contributed by atoms with Crippen molar-refractivity contribution in [2.75, 3.05) is 19.4 Å². The Morgan fingerprint density at radius 2 is 1.84 bits per heavy atom. The fraction of sp³-hybridized carbons (Fsp3) is 0.417. The normalized spacial score (nSPS) is 11.8. The number of nitrogens with zero attached hydrogens (tertiary/aromatic N) is 1. The number of carbonyl (C=O) groups is 2. The highest BCUT2D eigenvalue weighted by molar-refractivity contribution is 7.99. The molecule has 5 nitrogen and oxygen atoms in total. The van der Waals surface area contributed by atoms with Crippen LogP contribution in [0.1, 0.15) is 32.8 Å². The highest BCUT2D eigenvalue weighted by atomic mass is 35.5. The molecule has 2 aromatic carbocycles. The van der Waals surface area contributed by atoms with Crippen LogP contribution in [0.15, 0.2) is 53.4 Å². The molecule has 2 aromatic rings. The fourth-order valence-electron chi connectivity index (χ4n) is 2.93.